The van der Waals surface area contributed by atoms with Crippen LogP contribution < -0.4 is 0 Å². The van der Waals surface area contributed by atoms with E-state index in [1.165, 1.54) is 0 Å². The molecule has 0 bridgehead atoms. The molecule has 1 aliphatic heterocycles. The zero-order chi connectivity index (χ0) is 7.40. The summed E-state index contributed by atoms with van der Waals surface area (Å²) in [6, 6.07) is 0. The SMILES string of the molecule is CC1CCC/N=N/OC1=O. The summed E-state index contributed by atoms with van der Waals surface area (Å²) in [6.45, 7) is 2.50. The van der Waals surface area contributed by atoms with E-state index >= 15 is 0 Å². The largest absolute Gasteiger partial charge is 0.339 e. The first kappa shape index (κ1) is 7.18. The molecule has 1 heterocycles. The summed E-state index contributed by atoms with van der Waals surface area (Å²) in [4.78, 5) is 15.2. The first-order valence-electron chi connectivity index (χ1n) is 3.38. The fourth-order valence-corrected chi connectivity index (χ4v) is 0.786. The minimum Gasteiger partial charge on any atom is -0.300 e. The van der Waals surface area contributed by atoms with Gasteiger partial charge in [-0.25, -0.2) is 4.79 Å². The van der Waals surface area contributed by atoms with Crippen molar-refractivity contribution in [3.05, 3.63) is 0 Å². The van der Waals surface area contributed by atoms with Gasteiger partial charge in [0.15, 0.2) is 0 Å². The van der Waals surface area contributed by atoms with Crippen molar-refractivity contribution in [3.8, 4) is 0 Å². The Bertz CT molecular complexity index is 156. The van der Waals surface area contributed by atoms with Gasteiger partial charge < -0.3 is 0 Å². The molecule has 0 N–H and O–H groups in total. The third-order valence-electron chi connectivity index (χ3n) is 1.49. The minimum atomic E-state index is -0.275. The molecule has 0 aromatic carbocycles. The summed E-state index contributed by atoms with van der Waals surface area (Å²) in [6.07, 6.45) is 1.76. The predicted octanol–water partition coefficient (Wildman–Crippen LogP) is 1.33. The average molecular weight is 142 g/mol. The van der Waals surface area contributed by atoms with E-state index in [4.69, 9.17) is 0 Å². The Hall–Kier alpha value is -0.930. The third-order valence-corrected chi connectivity index (χ3v) is 1.49. The van der Waals surface area contributed by atoms with Crippen molar-refractivity contribution in [2.75, 3.05) is 6.54 Å². The van der Waals surface area contributed by atoms with Crippen LogP contribution in [0.1, 0.15) is 19.8 Å². The van der Waals surface area contributed by atoms with E-state index in [1.807, 2.05) is 6.92 Å². The van der Waals surface area contributed by atoms with Crippen LogP contribution in [0.25, 0.3) is 0 Å². The highest BCUT2D eigenvalue weighted by atomic mass is 16.7. The molecule has 1 unspecified atom stereocenters. The summed E-state index contributed by atoms with van der Waals surface area (Å²) >= 11 is 0. The van der Waals surface area contributed by atoms with Crippen molar-refractivity contribution in [2.45, 2.75) is 19.8 Å². The lowest BCUT2D eigenvalue weighted by Crippen LogP contribution is -2.13. The Morgan fingerprint density at radius 3 is 3.30 bits per heavy atom. The highest BCUT2D eigenvalue weighted by Gasteiger charge is 2.15. The van der Waals surface area contributed by atoms with Crippen LogP contribution >= 0.6 is 0 Å². The molecule has 1 atom stereocenters. The topological polar surface area (TPSA) is 51.0 Å². The van der Waals surface area contributed by atoms with Gasteiger partial charge in [-0.2, -0.15) is 5.11 Å². The summed E-state index contributed by atoms with van der Waals surface area (Å²) in [7, 11) is 0. The summed E-state index contributed by atoms with van der Waals surface area (Å²) < 4.78 is 0. The maximum absolute atomic E-state index is 10.8. The number of hydrogen-bond acceptors (Lipinski definition) is 4. The Morgan fingerprint density at radius 1 is 1.70 bits per heavy atom. The predicted molar refractivity (Wildman–Crippen MR) is 34.2 cm³/mol. The maximum atomic E-state index is 10.8. The zero-order valence-corrected chi connectivity index (χ0v) is 5.91. The van der Waals surface area contributed by atoms with Crippen molar-refractivity contribution in [1.82, 2.24) is 0 Å². The molecule has 56 valence electrons. The first-order chi connectivity index (χ1) is 4.80. The van der Waals surface area contributed by atoms with Gasteiger partial charge in [0, 0.05) is 5.28 Å². The summed E-state index contributed by atoms with van der Waals surface area (Å²) in [5.41, 5.74) is 0. The van der Waals surface area contributed by atoms with E-state index in [9.17, 15) is 4.79 Å². The fourth-order valence-electron chi connectivity index (χ4n) is 0.786. The Kier molecular flexibility index (Phi) is 2.36. The van der Waals surface area contributed by atoms with Crippen molar-refractivity contribution >= 4 is 5.97 Å². The molecular weight excluding hydrogens is 132 g/mol. The van der Waals surface area contributed by atoms with E-state index in [-0.39, 0.29) is 11.9 Å². The van der Waals surface area contributed by atoms with Crippen LogP contribution in [0, 0.1) is 5.92 Å². The zero-order valence-electron chi connectivity index (χ0n) is 5.91. The molecule has 1 rings (SSSR count). The lowest BCUT2D eigenvalue weighted by molar-refractivity contribution is -0.149. The fraction of sp³-hybridized carbons (Fsp3) is 0.833. The smallest absolute Gasteiger partial charge is 0.300 e. The standard InChI is InChI=1S/C6H10N2O2/c1-5-3-2-4-7-8-10-6(5)9/h5H,2-4H2,1H3/b8-7+. The highest BCUT2D eigenvalue weighted by molar-refractivity contribution is 5.71. The lowest BCUT2D eigenvalue weighted by atomic mass is 10.1. The van der Waals surface area contributed by atoms with Crippen LogP contribution in [0.4, 0.5) is 0 Å². The monoisotopic (exact) mass is 142 g/mol. The normalized spacial score (nSPS) is 30.1. The molecule has 0 fully saturated rings. The molecular formula is C6H10N2O2. The van der Waals surface area contributed by atoms with E-state index in [0.717, 1.165) is 12.8 Å². The molecule has 0 aliphatic carbocycles. The van der Waals surface area contributed by atoms with E-state index in [1.54, 1.807) is 0 Å². The Morgan fingerprint density at radius 2 is 2.50 bits per heavy atom. The number of hydrogen-bond donors (Lipinski definition) is 0. The van der Waals surface area contributed by atoms with Gasteiger partial charge in [-0.3, -0.25) is 4.84 Å². The van der Waals surface area contributed by atoms with Gasteiger partial charge in [0.25, 0.3) is 0 Å². The second-order valence-corrected chi connectivity index (χ2v) is 2.40. The number of nitrogens with zero attached hydrogens (tertiary/aromatic N) is 2. The number of carbonyl (C=O) groups is 1. The second-order valence-electron chi connectivity index (χ2n) is 2.40. The first-order valence-corrected chi connectivity index (χ1v) is 3.38. The van der Waals surface area contributed by atoms with Gasteiger partial charge in [0.2, 0.25) is 0 Å². The molecule has 0 spiro atoms. The lowest BCUT2D eigenvalue weighted by Gasteiger charge is -2.07. The van der Waals surface area contributed by atoms with E-state index in [0.29, 0.717) is 6.54 Å². The van der Waals surface area contributed by atoms with Crippen LogP contribution in [-0.2, 0) is 9.63 Å². The molecule has 4 heteroatoms. The van der Waals surface area contributed by atoms with Crippen LogP contribution in [0.15, 0.2) is 10.4 Å². The molecule has 4 nitrogen and oxygen atoms in total. The third kappa shape index (κ3) is 1.79. The number of carbonyl (C=O) groups excluding carboxylic acids is 1. The molecule has 0 aromatic rings. The Labute approximate surface area is 59.2 Å². The maximum Gasteiger partial charge on any atom is 0.339 e. The summed E-state index contributed by atoms with van der Waals surface area (Å²) in [5, 5.41) is 6.84. The van der Waals surface area contributed by atoms with E-state index in [2.05, 4.69) is 15.2 Å². The molecule has 0 amide bonds. The summed E-state index contributed by atoms with van der Waals surface area (Å²) in [5.74, 6) is -0.303. The van der Waals surface area contributed by atoms with Crippen molar-refractivity contribution in [3.63, 3.8) is 0 Å². The van der Waals surface area contributed by atoms with Crippen molar-refractivity contribution in [2.24, 2.45) is 16.3 Å². The molecule has 1 aliphatic rings. The van der Waals surface area contributed by atoms with Crippen molar-refractivity contribution in [1.29, 1.82) is 0 Å². The van der Waals surface area contributed by atoms with Gasteiger partial charge in [0.05, 0.1) is 12.5 Å². The van der Waals surface area contributed by atoms with Crippen LogP contribution in [0.2, 0.25) is 0 Å². The van der Waals surface area contributed by atoms with Crippen LogP contribution in [0.5, 0.6) is 0 Å². The Balaban J connectivity index is 2.50. The second kappa shape index (κ2) is 3.29. The van der Waals surface area contributed by atoms with Crippen LogP contribution in [0.3, 0.4) is 0 Å². The molecule has 0 aromatic heterocycles. The van der Waals surface area contributed by atoms with Crippen LogP contribution in [-0.4, -0.2) is 12.5 Å². The van der Waals surface area contributed by atoms with E-state index < -0.39 is 0 Å². The quantitative estimate of drug-likeness (QED) is 0.512. The minimum absolute atomic E-state index is 0.0285. The molecule has 0 radical (unpaired) electrons. The number of rotatable bonds is 0. The highest BCUT2D eigenvalue weighted by Crippen LogP contribution is 2.10. The van der Waals surface area contributed by atoms with Gasteiger partial charge in [-0.05, 0) is 12.8 Å². The van der Waals surface area contributed by atoms with Crippen molar-refractivity contribution < 1.29 is 9.63 Å². The van der Waals surface area contributed by atoms with Gasteiger partial charge >= 0.3 is 5.97 Å². The molecule has 10 heavy (non-hydrogen) atoms. The molecule has 0 saturated heterocycles. The van der Waals surface area contributed by atoms with Gasteiger partial charge in [-0.1, -0.05) is 6.92 Å². The van der Waals surface area contributed by atoms with Gasteiger partial charge in [0.1, 0.15) is 0 Å². The molecule has 0 saturated carbocycles. The van der Waals surface area contributed by atoms with Gasteiger partial charge in [-0.15, -0.1) is 0 Å². The average Bonchev–Trinajstić information content (AvgIpc) is 1.92.